The first-order valence-corrected chi connectivity index (χ1v) is 9.00. The molecule has 1 aliphatic heterocycles. The lowest BCUT2D eigenvalue weighted by Crippen LogP contribution is -2.44. The molecule has 2 rings (SSSR count). The molecular weight excluding hydrogens is 282 g/mol. The molecule has 1 aliphatic rings. The van der Waals surface area contributed by atoms with Gasteiger partial charge in [-0.05, 0) is 26.7 Å². The summed E-state index contributed by atoms with van der Waals surface area (Å²) in [6, 6.07) is 1.27. The predicted octanol–water partition coefficient (Wildman–Crippen LogP) is 3.20. The van der Waals surface area contributed by atoms with Crippen molar-refractivity contribution in [2.75, 3.05) is 19.7 Å². The predicted molar refractivity (Wildman–Crippen MR) is 88.7 cm³/mol. The van der Waals surface area contributed by atoms with Crippen molar-refractivity contribution in [2.24, 2.45) is 0 Å². The Labute approximate surface area is 132 Å². The summed E-state index contributed by atoms with van der Waals surface area (Å²) in [6.45, 7) is 12.6. The Morgan fingerprint density at radius 3 is 2.71 bits per heavy atom. The molecule has 2 heterocycles. The van der Waals surface area contributed by atoms with Gasteiger partial charge in [0.15, 0.2) is 0 Å². The summed E-state index contributed by atoms with van der Waals surface area (Å²) >= 11 is 1.72. The minimum Gasteiger partial charge on any atom is -0.372 e. The molecule has 0 saturated carbocycles. The maximum Gasteiger partial charge on any atom is 0.122 e. The maximum atomic E-state index is 5.61. The van der Waals surface area contributed by atoms with E-state index < -0.39 is 0 Å². The van der Waals surface area contributed by atoms with Crippen molar-refractivity contribution in [2.45, 2.75) is 65.3 Å². The van der Waals surface area contributed by atoms with Crippen LogP contribution in [0.2, 0.25) is 0 Å². The van der Waals surface area contributed by atoms with Gasteiger partial charge in [-0.25, -0.2) is 4.98 Å². The molecule has 120 valence electrons. The second-order valence-corrected chi connectivity index (χ2v) is 7.04. The summed E-state index contributed by atoms with van der Waals surface area (Å²) in [6.07, 6.45) is 2.60. The van der Waals surface area contributed by atoms with Gasteiger partial charge in [-0.1, -0.05) is 13.8 Å². The van der Waals surface area contributed by atoms with Crippen LogP contribution in [-0.4, -0.2) is 41.7 Å². The Balaban J connectivity index is 1.78. The average molecular weight is 311 g/mol. The van der Waals surface area contributed by atoms with E-state index in [-0.39, 0.29) is 6.10 Å². The number of piperidine rings is 1. The number of nitrogens with one attached hydrogen (secondary N) is 1. The SMILES string of the molecule is CCOC(C)c1nc(CN2CCC(NC(C)C)CC2)cs1. The number of likely N-dealkylation sites (tertiary alicyclic amines) is 1. The quantitative estimate of drug-likeness (QED) is 0.839. The van der Waals surface area contributed by atoms with Crippen LogP contribution in [0, 0.1) is 0 Å². The highest BCUT2D eigenvalue weighted by atomic mass is 32.1. The molecule has 21 heavy (non-hydrogen) atoms. The molecule has 4 nitrogen and oxygen atoms in total. The van der Waals surface area contributed by atoms with E-state index in [0.717, 1.165) is 31.2 Å². The first-order chi connectivity index (χ1) is 10.1. The summed E-state index contributed by atoms with van der Waals surface area (Å²) < 4.78 is 5.61. The molecule has 1 N–H and O–H groups in total. The van der Waals surface area contributed by atoms with Crippen LogP contribution in [-0.2, 0) is 11.3 Å². The topological polar surface area (TPSA) is 37.4 Å². The smallest absolute Gasteiger partial charge is 0.122 e. The molecule has 0 amide bonds. The second kappa shape index (κ2) is 8.22. The van der Waals surface area contributed by atoms with Gasteiger partial charge in [-0.3, -0.25) is 4.90 Å². The average Bonchev–Trinajstić information content (AvgIpc) is 2.89. The summed E-state index contributed by atoms with van der Waals surface area (Å²) in [5, 5.41) is 6.93. The van der Waals surface area contributed by atoms with Crippen molar-refractivity contribution in [1.29, 1.82) is 0 Å². The molecule has 1 atom stereocenters. The van der Waals surface area contributed by atoms with Crippen LogP contribution in [0.5, 0.6) is 0 Å². The van der Waals surface area contributed by atoms with Gasteiger partial charge in [0.2, 0.25) is 0 Å². The Morgan fingerprint density at radius 1 is 1.38 bits per heavy atom. The number of thiazole rings is 1. The van der Waals surface area contributed by atoms with Crippen molar-refractivity contribution < 1.29 is 4.74 Å². The highest BCUT2D eigenvalue weighted by Gasteiger charge is 2.20. The number of hydrogen-bond donors (Lipinski definition) is 1. The van der Waals surface area contributed by atoms with E-state index in [1.54, 1.807) is 11.3 Å². The highest BCUT2D eigenvalue weighted by molar-refractivity contribution is 7.09. The molecule has 1 aromatic rings. The summed E-state index contributed by atoms with van der Waals surface area (Å²) in [7, 11) is 0. The van der Waals surface area contributed by atoms with Crippen molar-refractivity contribution in [3.63, 3.8) is 0 Å². The third kappa shape index (κ3) is 5.33. The molecule has 0 aromatic carbocycles. The molecule has 1 aromatic heterocycles. The number of ether oxygens (including phenoxy) is 1. The van der Waals surface area contributed by atoms with Crippen molar-refractivity contribution >= 4 is 11.3 Å². The van der Waals surface area contributed by atoms with Crippen LogP contribution in [0.4, 0.5) is 0 Å². The van der Waals surface area contributed by atoms with E-state index in [1.165, 1.54) is 18.5 Å². The van der Waals surface area contributed by atoms with E-state index in [1.807, 2.05) is 6.92 Å². The number of hydrogen-bond acceptors (Lipinski definition) is 5. The normalized spacial score (nSPS) is 19.3. The lowest BCUT2D eigenvalue weighted by molar-refractivity contribution is 0.0759. The molecule has 1 unspecified atom stereocenters. The largest absolute Gasteiger partial charge is 0.372 e. The van der Waals surface area contributed by atoms with Crippen molar-refractivity contribution in [3.8, 4) is 0 Å². The maximum absolute atomic E-state index is 5.61. The van der Waals surface area contributed by atoms with Gasteiger partial charge in [-0.15, -0.1) is 11.3 Å². The zero-order valence-corrected chi connectivity index (χ0v) is 14.6. The van der Waals surface area contributed by atoms with E-state index in [0.29, 0.717) is 12.1 Å². The second-order valence-electron chi connectivity index (χ2n) is 6.15. The first kappa shape index (κ1) is 16.9. The number of nitrogens with zero attached hydrogens (tertiary/aromatic N) is 2. The minimum absolute atomic E-state index is 0.120. The molecule has 0 aliphatic carbocycles. The zero-order chi connectivity index (χ0) is 15.2. The molecule has 0 spiro atoms. The molecule has 5 heteroatoms. The van der Waals surface area contributed by atoms with Crippen molar-refractivity contribution in [1.82, 2.24) is 15.2 Å². The van der Waals surface area contributed by atoms with E-state index in [2.05, 4.69) is 36.4 Å². The molecular formula is C16H29N3OS. The van der Waals surface area contributed by atoms with Crippen LogP contribution in [0.1, 0.15) is 57.3 Å². The molecule has 0 bridgehead atoms. The van der Waals surface area contributed by atoms with E-state index >= 15 is 0 Å². The fraction of sp³-hybridized carbons (Fsp3) is 0.812. The van der Waals surface area contributed by atoms with Gasteiger partial charge >= 0.3 is 0 Å². The Morgan fingerprint density at radius 2 is 2.10 bits per heavy atom. The fourth-order valence-corrected chi connectivity index (χ4v) is 3.68. The van der Waals surface area contributed by atoms with Crippen LogP contribution < -0.4 is 5.32 Å². The van der Waals surface area contributed by atoms with Gasteiger partial charge in [0, 0.05) is 43.7 Å². The van der Waals surface area contributed by atoms with Gasteiger partial charge in [0.25, 0.3) is 0 Å². The lowest BCUT2D eigenvalue weighted by atomic mass is 10.0. The lowest BCUT2D eigenvalue weighted by Gasteiger charge is -2.33. The van der Waals surface area contributed by atoms with Gasteiger partial charge < -0.3 is 10.1 Å². The minimum atomic E-state index is 0.120. The monoisotopic (exact) mass is 311 g/mol. The molecule has 1 saturated heterocycles. The standard InChI is InChI=1S/C16H29N3OS/c1-5-20-13(4)16-18-15(11-21-16)10-19-8-6-14(7-9-19)17-12(2)3/h11-14,17H,5-10H2,1-4H3. The van der Waals surface area contributed by atoms with Crippen molar-refractivity contribution in [3.05, 3.63) is 16.1 Å². The highest BCUT2D eigenvalue weighted by Crippen LogP contribution is 2.22. The molecule has 0 radical (unpaired) electrons. The Bertz CT molecular complexity index is 413. The number of aromatic nitrogens is 1. The summed E-state index contributed by atoms with van der Waals surface area (Å²) in [4.78, 5) is 7.24. The number of rotatable bonds is 7. The van der Waals surface area contributed by atoms with Crippen LogP contribution in [0.3, 0.4) is 0 Å². The third-order valence-corrected chi connectivity index (χ3v) is 4.93. The molecule has 1 fully saturated rings. The van der Waals surface area contributed by atoms with Gasteiger partial charge in [-0.2, -0.15) is 0 Å². The fourth-order valence-electron chi connectivity index (χ4n) is 2.86. The van der Waals surface area contributed by atoms with E-state index in [4.69, 9.17) is 9.72 Å². The van der Waals surface area contributed by atoms with Crippen LogP contribution in [0.25, 0.3) is 0 Å². The Hall–Kier alpha value is -0.490. The Kier molecular flexibility index (Phi) is 6.61. The first-order valence-electron chi connectivity index (χ1n) is 8.12. The van der Waals surface area contributed by atoms with Crippen LogP contribution in [0.15, 0.2) is 5.38 Å². The van der Waals surface area contributed by atoms with Gasteiger partial charge in [0.05, 0.1) is 5.69 Å². The zero-order valence-electron chi connectivity index (χ0n) is 13.8. The van der Waals surface area contributed by atoms with E-state index in [9.17, 15) is 0 Å². The van der Waals surface area contributed by atoms with Gasteiger partial charge in [0.1, 0.15) is 11.1 Å². The summed E-state index contributed by atoms with van der Waals surface area (Å²) in [5.74, 6) is 0. The summed E-state index contributed by atoms with van der Waals surface area (Å²) in [5.41, 5.74) is 1.19. The van der Waals surface area contributed by atoms with Crippen LogP contribution >= 0.6 is 11.3 Å². The third-order valence-electron chi connectivity index (χ3n) is 3.88.